The van der Waals surface area contributed by atoms with Gasteiger partial charge in [0, 0.05) is 50.0 Å². The molecule has 1 aliphatic heterocycles. The number of nitrogens with one attached hydrogen (secondary N) is 1. The molecule has 1 fully saturated rings. The van der Waals surface area contributed by atoms with E-state index in [0.717, 1.165) is 67.9 Å². The molecule has 3 heterocycles. The van der Waals surface area contributed by atoms with Crippen LogP contribution in [0.3, 0.4) is 0 Å². The number of aromatic nitrogens is 3. The number of fused-ring (bicyclic) bond motifs is 1. The Bertz CT molecular complexity index is 1200. The minimum Gasteiger partial charge on any atom is -0.356 e. The predicted molar refractivity (Wildman–Crippen MR) is 137 cm³/mol. The average molecular weight is 485 g/mol. The molecule has 0 saturated carbocycles. The van der Waals surface area contributed by atoms with Gasteiger partial charge in [0.2, 0.25) is 10.0 Å². The minimum atomic E-state index is -3.57. The number of nitrogens with zero attached hydrogens (tertiary/aromatic N) is 5. The molecule has 4 rings (SSSR count). The van der Waals surface area contributed by atoms with Crippen LogP contribution in [0.4, 0.5) is 5.82 Å². The summed E-state index contributed by atoms with van der Waals surface area (Å²) in [5, 5.41) is 4.97. The van der Waals surface area contributed by atoms with E-state index < -0.39 is 10.0 Å². The molecule has 0 aliphatic carbocycles. The highest BCUT2D eigenvalue weighted by molar-refractivity contribution is 7.89. The first kappa shape index (κ1) is 24.6. The third kappa shape index (κ3) is 5.59. The lowest BCUT2D eigenvalue weighted by Gasteiger charge is -2.38. The summed E-state index contributed by atoms with van der Waals surface area (Å²) in [4.78, 5) is 9.99. The molecule has 0 radical (unpaired) electrons. The number of hydrogen-bond donors (Lipinski definition) is 1. The normalized spacial score (nSPS) is 15.5. The van der Waals surface area contributed by atoms with E-state index in [1.807, 2.05) is 36.0 Å². The van der Waals surface area contributed by atoms with Gasteiger partial charge in [-0.15, -0.1) is 0 Å². The third-order valence-corrected chi connectivity index (χ3v) is 8.36. The Hall–Kier alpha value is -2.49. The summed E-state index contributed by atoms with van der Waals surface area (Å²) in [5.74, 6) is 0.967. The Kier molecular flexibility index (Phi) is 7.85. The number of rotatable bonds is 10. The van der Waals surface area contributed by atoms with Crippen LogP contribution in [0.5, 0.6) is 0 Å². The van der Waals surface area contributed by atoms with Gasteiger partial charge in [-0.05, 0) is 75.2 Å². The van der Waals surface area contributed by atoms with Gasteiger partial charge in [0.15, 0.2) is 0 Å². The maximum absolute atomic E-state index is 12.8. The molecule has 2 aromatic heterocycles. The van der Waals surface area contributed by atoms with E-state index in [-0.39, 0.29) is 4.90 Å². The van der Waals surface area contributed by atoms with Crippen LogP contribution in [0.2, 0.25) is 0 Å². The quantitative estimate of drug-likeness (QED) is 0.445. The van der Waals surface area contributed by atoms with E-state index >= 15 is 0 Å². The van der Waals surface area contributed by atoms with Crippen LogP contribution in [0, 0.1) is 0 Å². The van der Waals surface area contributed by atoms with Gasteiger partial charge >= 0.3 is 0 Å². The SMILES string of the molecule is CCN(CC)C1CCN(c2ccc3cc(S(=O)(=O)NCCCc4ccnn4C)ccc3n2)CC1. The van der Waals surface area contributed by atoms with Gasteiger partial charge < -0.3 is 9.80 Å². The maximum atomic E-state index is 12.8. The van der Waals surface area contributed by atoms with Crippen molar-refractivity contribution in [1.29, 1.82) is 0 Å². The lowest BCUT2D eigenvalue weighted by Crippen LogP contribution is -2.45. The zero-order valence-corrected chi connectivity index (χ0v) is 21.3. The zero-order chi connectivity index (χ0) is 24.1. The van der Waals surface area contributed by atoms with Crippen molar-refractivity contribution >= 4 is 26.7 Å². The second-order valence-corrected chi connectivity index (χ2v) is 10.7. The number of anilines is 1. The van der Waals surface area contributed by atoms with Crippen LogP contribution in [0.15, 0.2) is 47.5 Å². The molecule has 1 N–H and O–H groups in total. The van der Waals surface area contributed by atoms with Gasteiger partial charge in [0.25, 0.3) is 0 Å². The van der Waals surface area contributed by atoms with E-state index in [4.69, 9.17) is 4.98 Å². The molecule has 0 spiro atoms. The van der Waals surface area contributed by atoms with E-state index in [2.05, 4.69) is 33.5 Å². The number of sulfonamides is 1. The Morgan fingerprint density at radius 3 is 2.53 bits per heavy atom. The fraction of sp³-hybridized carbons (Fsp3) is 0.520. The number of aryl methyl sites for hydroxylation is 2. The first-order chi connectivity index (χ1) is 16.4. The van der Waals surface area contributed by atoms with Crippen molar-refractivity contribution in [1.82, 2.24) is 24.4 Å². The van der Waals surface area contributed by atoms with Crippen LogP contribution in [0.1, 0.15) is 38.8 Å². The van der Waals surface area contributed by atoms with Crippen LogP contribution >= 0.6 is 0 Å². The topological polar surface area (TPSA) is 83.4 Å². The second kappa shape index (κ2) is 10.8. The largest absolute Gasteiger partial charge is 0.356 e. The summed E-state index contributed by atoms with van der Waals surface area (Å²) in [7, 11) is -1.68. The molecule has 0 amide bonds. The van der Waals surface area contributed by atoms with Crippen LogP contribution in [-0.4, -0.2) is 66.8 Å². The molecule has 0 unspecified atom stereocenters. The standard InChI is InChI=1S/C25H36N6O2S/c1-4-30(5-2)22-13-17-31(18-14-22)25-11-8-20-19-23(9-10-24(20)28-25)34(32,33)27-15-6-7-21-12-16-26-29(21)3/h8-12,16,19,22,27H,4-7,13-15,17-18H2,1-3H3. The molecule has 3 aromatic rings. The lowest BCUT2D eigenvalue weighted by molar-refractivity contribution is 0.186. The highest BCUT2D eigenvalue weighted by Crippen LogP contribution is 2.25. The molecule has 1 aromatic carbocycles. The summed E-state index contributed by atoms with van der Waals surface area (Å²) < 4.78 is 30.1. The monoisotopic (exact) mass is 484 g/mol. The number of hydrogen-bond acceptors (Lipinski definition) is 6. The average Bonchev–Trinajstić information content (AvgIpc) is 3.27. The van der Waals surface area contributed by atoms with Gasteiger partial charge in [-0.1, -0.05) is 13.8 Å². The summed E-state index contributed by atoms with van der Waals surface area (Å²) in [5.41, 5.74) is 1.91. The first-order valence-corrected chi connectivity index (χ1v) is 13.8. The number of pyridine rings is 1. The Labute approximate surface area is 203 Å². The highest BCUT2D eigenvalue weighted by Gasteiger charge is 2.24. The van der Waals surface area contributed by atoms with E-state index in [1.54, 1.807) is 18.3 Å². The number of piperidine rings is 1. The summed E-state index contributed by atoms with van der Waals surface area (Å²) in [6.45, 7) is 9.02. The molecule has 9 heteroatoms. The van der Waals surface area contributed by atoms with Gasteiger partial charge in [-0.25, -0.2) is 18.1 Å². The molecule has 0 bridgehead atoms. The molecule has 0 atom stereocenters. The number of benzene rings is 1. The van der Waals surface area contributed by atoms with E-state index in [0.29, 0.717) is 19.0 Å². The van der Waals surface area contributed by atoms with Crippen molar-refractivity contribution in [2.45, 2.75) is 50.5 Å². The smallest absolute Gasteiger partial charge is 0.240 e. The molecule has 1 aliphatic rings. The molecule has 34 heavy (non-hydrogen) atoms. The van der Waals surface area contributed by atoms with Crippen molar-refractivity contribution < 1.29 is 8.42 Å². The Morgan fingerprint density at radius 2 is 1.85 bits per heavy atom. The molecule has 8 nitrogen and oxygen atoms in total. The van der Waals surface area contributed by atoms with E-state index in [1.165, 1.54) is 0 Å². The summed E-state index contributed by atoms with van der Waals surface area (Å²) in [6.07, 6.45) is 5.52. The van der Waals surface area contributed by atoms with Crippen molar-refractivity contribution in [3.05, 3.63) is 48.3 Å². The van der Waals surface area contributed by atoms with Crippen LogP contribution < -0.4 is 9.62 Å². The van der Waals surface area contributed by atoms with E-state index in [9.17, 15) is 8.42 Å². The minimum absolute atomic E-state index is 0.273. The highest BCUT2D eigenvalue weighted by atomic mass is 32.2. The van der Waals surface area contributed by atoms with Gasteiger partial charge in [-0.3, -0.25) is 4.68 Å². The van der Waals surface area contributed by atoms with Crippen molar-refractivity contribution in [2.24, 2.45) is 7.05 Å². The Balaban J connectivity index is 1.37. The van der Waals surface area contributed by atoms with Gasteiger partial charge in [0.1, 0.15) is 5.82 Å². The predicted octanol–water partition coefficient (Wildman–Crippen LogP) is 3.19. The maximum Gasteiger partial charge on any atom is 0.240 e. The fourth-order valence-corrected chi connectivity index (χ4v) is 5.95. The molecule has 1 saturated heterocycles. The fourth-order valence-electron chi connectivity index (χ4n) is 4.84. The summed E-state index contributed by atoms with van der Waals surface area (Å²) >= 11 is 0. The molecular formula is C25H36N6O2S. The first-order valence-electron chi connectivity index (χ1n) is 12.3. The lowest BCUT2D eigenvalue weighted by atomic mass is 10.0. The molecular weight excluding hydrogens is 448 g/mol. The van der Waals surface area contributed by atoms with Gasteiger partial charge in [0.05, 0.1) is 10.4 Å². The second-order valence-electron chi connectivity index (χ2n) is 8.91. The van der Waals surface area contributed by atoms with Crippen molar-refractivity contribution in [3.63, 3.8) is 0 Å². The van der Waals surface area contributed by atoms with Gasteiger partial charge in [-0.2, -0.15) is 5.10 Å². The zero-order valence-electron chi connectivity index (χ0n) is 20.4. The summed E-state index contributed by atoms with van der Waals surface area (Å²) in [6, 6.07) is 11.8. The van der Waals surface area contributed by atoms with Crippen molar-refractivity contribution in [2.75, 3.05) is 37.6 Å². The van der Waals surface area contributed by atoms with Crippen molar-refractivity contribution in [3.8, 4) is 0 Å². The molecule has 184 valence electrons. The third-order valence-electron chi connectivity index (χ3n) is 6.90. The van der Waals surface area contributed by atoms with Crippen LogP contribution in [0.25, 0.3) is 10.9 Å². The Morgan fingerprint density at radius 1 is 1.09 bits per heavy atom. The van der Waals surface area contributed by atoms with Crippen LogP contribution in [-0.2, 0) is 23.5 Å².